The number of carbonyl (C=O) groups is 1. The van der Waals surface area contributed by atoms with Crippen molar-refractivity contribution in [1.29, 1.82) is 0 Å². The molecule has 0 fully saturated rings. The lowest BCUT2D eigenvalue weighted by Gasteiger charge is -2.12. The van der Waals surface area contributed by atoms with Crippen LogP contribution in [0, 0.1) is 5.82 Å². The van der Waals surface area contributed by atoms with Gasteiger partial charge < -0.3 is 9.88 Å². The number of amides is 1. The van der Waals surface area contributed by atoms with Gasteiger partial charge in [0.25, 0.3) is 5.56 Å². The highest BCUT2D eigenvalue weighted by Gasteiger charge is 2.21. The van der Waals surface area contributed by atoms with E-state index in [-0.39, 0.29) is 12.2 Å². The molecule has 0 atom stereocenters. The summed E-state index contributed by atoms with van der Waals surface area (Å²) < 4.78 is 17.7. The van der Waals surface area contributed by atoms with Crippen LogP contribution in [0.15, 0.2) is 70.4 Å². The van der Waals surface area contributed by atoms with Crippen LogP contribution in [0.2, 0.25) is 0 Å². The Balaban J connectivity index is 1.89. The Labute approximate surface area is 170 Å². The summed E-state index contributed by atoms with van der Waals surface area (Å²) in [5, 5.41) is 2.48. The Morgan fingerprint density at radius 1 is 0.967 bits per heavy atom. The van der Waals surface area contributed by atoms with Gasteiger partial charge in [0, 0.05) is 25.9 Å². The predicted octanol–water partition coefficient (Wildman–Crippen LogP) is 2.48. The Bertz CT molecular complexity index is 1380. The first-order valence-corrected chi connectivity index (χ1v) is 9.27. The first-order chi connectivity index (χ1) is 14.4. The number of nitrogens with zero attached hydrogens (tertiary/aromatic N) is 3. The number of aryl methyl sites for hydroxylation is 1. The van der Waals surface area contributed by atoms with Crippen LogP contribution in [0.25, 0.3) is 22.2 Å². The minimum absolute atomic E-state index is 0.0213. The molecule has 1 N–H and O–H groups in total. The molecule has 0 unspecified atom stereocenters. The fraction of sp³-hybridized carbons (Fsp3) is 0.136. The van der Waals surface area contributed by atoms with Crippen molar-refractivity contribution in [3.63, 3.8) is 0 Å². The van der Waals surface area contributed by atoms with Crippen LogP contribution < -0.4 is 16.6 Å². The smallest absolute Gasteiger partial charge is 0.331 e. The molecule has 152 valence electrons. The second kappa shape index (κ2) is 7.47. The zero-order valence-electron chi connectivity index (χ0n) is 16.4. The molecular weight excluding hydrogens is 387 g/mol. The van der Waals surface area contributed by atoms with Gasteiger partial charge in [-0.15, -0.1) is 0 Å². The minimum Gasteiger partial charge on any atom is -0.344 e. The zero-order valence-corrected chi connectivity index (χ0v) is 16.4. The molecule has 4 rings (SSSR count). The summed E-state index contributed by atoms with van der Waals surface area (Å²) in [6.45, 7) is -0.373. The van der Waals surface area contributed by atoms with Crippen molar-refractivity contribution in [1.82, 2.24) is 13.7 Å². The predicted molar refractivity (Wildman–Crippen MR) is 113 cm³/mol. The highest BCUT2D eigenvalue weighted by atomic mass is 19.1. The molecule has 2 heterocycles. The Kier molecular flexibility index (Phi) is 4.83. The average molecular weight is 406 g/mol. The van der Waals surface area contributed by atoms with Crippen molar-refractivity contribution in [2.75, 3.05) is 5.32 Å². The van der Waals surface area contributed by atoms with E-state index >= 15 is 0 Å². The fourth-order valence-electron chi connectivity index (χ4n) is 3.53. The molecule has 0 aliphatic rings. The number of halogens is 1. The van der Waals surface area contributed by atoms with Gasteiger partial charge in [-0.2, -0.15) is 0 Å². The average Bonchev–Trinajstić information content (AvgIpc) is 3.09. The largest absolute Gasteiger partial charge is 0.344 e. The van der Waals surface area contributed by atoms with Crippen LogP contribution in [0.5, 0.6) is 0 Å². The van der Waals surface area contributed by atoms with E-state index in [0.29, 0.717) is 16.6 Å². The van der Waals surface area contributed by atoms with Crippen molar-refractivity contribution in [2.45, 2.75) is 6.54 Å². The summed E-state index contributed by atoms with van der Waals surface area (Å²) >= 11 is 0. The number of hydrogen-bond donors (Lipinski definition) is 1. The fourth-order valence-corrected chi connectivity index (χ4v) is 3.53. The summed E-state index contributed by atoms with van der Waals surface area (Å²) in [6, 6.07) is 15.1. The number of benzene rings is 2. The van der Waals surface area contributed by atoms with Crippen molar-refractivity contribution in [2.24, 2.45) is 14.1 Å². The number of nitrogens with one attached hydrogen (secondary N) is 1. The van der Waals surface area contributed by atoms with E-state index in [2.05, 4.69) is 5.32 Å². The molecule has 2 aromatic heterocycles. The van der Waals surface area contributed by atoms with E-state index in [1.54, 1.807) is 23.9 Å². The highest BCUT2D eigenvalue weighted by Crippen LogP contribution is 2.28. The van der Waals surface area contributed by atoms with Gasteiger partial charge in [0.1, 0.15) is 17.9 Å². The van der Waals surface area contributed by atoms with Crippen LogP contribution in [0.4, 0.5) is 10.1 Å². The van der Waals surface area contributed by atoms with E-state index in [1.165, 1.54) is 29.8 Å². The maximum Gasteiger partial charge on any atom is 0.331 e. The number of rotatable bonds is 4. The highest BCUT2D eigenvalue weighted by molar-refractivity contribution is 5.95. The molecule has 0 saturated heterocycles. The minimum atomic E-state index is -0.625. The van der Waals surface area contributed by atoms with Crippen LogP contribution >= 0.6 is 0 Å². The summed E-state index contributed by atoms with van der Waals surface area (Å²) in [5.74, 6) is -1.15. The van der Waals surface area contributed by atoms with E-state index in [1.807, 2.05) is 30.3 Å². The van der Waals surface area contributed by atoms with Crippen LogP contribution in [-0.4, -0.2) is 19.6 Å². The normalized spacial score (nSPS) is 11.0. The third kappa shape index (κ3) is 3.22. The second-order valence-electron chi connectivity index (χ2n) is 6.98. The number of hydrogen-bond acceptors (Lipinski definition) is 3. The first-order valence-electron chi connectivity index (χ1n) is 9.27. The molecule has 30 heavy (non-hydrogen) atoms. The number of aromatic nitrogens is 3. The Morgan fingerprint density at radius 3 is 2.33 bits per heavy atom. The SMILES string of the molecule is Cn1c(=O)c2c(c(-c3ccccc3)cn2C)n(CC(=O)Nc2ccccc2F)c1=O. The maximum absolute atomic E-state index is 13.9. The molecule has 0 aliphatic carbocycles. The molecule has 7 nitrogen and oxygen atoms in total. The van der Waals surface area contributed by atoms with Crippen LogP contribution in [0.1, 0.15) is 0 Å². The van der Waals surface area contributed by atoms with E-state index < -0.39 is 23.0 Å². The van der Waals surface area contributed by atoms with E-state index in [4.69, 9.17) is 0 Å². The third-order valence-corrected chi connectivity index (χ3v) is 4.98. The number of anilines is 1. The monoisotopic (exact) mass is 406 g/mol. The second-order valence-corrected chi connectivity index (χ2v) is 6.98. The van der Waals surface area contributed by atoms with Gasteiger partial charge in [-0.25, -0.2) is 9.18 Å². The summed E-state index contributed by atoms with van der Waals surface area (Å²) in [6.07, 6.45) is 1.76. The molecule has 0 spiro atoms. The molecule has 2 aromatic carbocycles. The molecule has 0 bridgehead atoms. The van der Waals surface area contributed by atoms with E-state index in [9.17, 15) is 18.8 Å². The molecule has 0 saturated carbocycles. The van der Waals surface area contributed by atoms with Crippen molar-refractivity contribution >= 4 is 22.6 Å². The van der Waals surface area contributed by atoms with Gasteiger partial charge >= 0.3 is 5.69 Å². The number of para-hydroxylation sites is 1. The molecule has 0 aliphatic heterocycles. The van der Waals surface area contributed by atoms with Gasteiger partial charge in [0.15, 0.2) is 0 Å². The van der Waals surface area contributed by atoms with Gasteiger partial charge in [-0.1, -0.05) is 42.5 Å². The lowest BCUT2D eigenvalue weighted by Crippen LogP contribution is -2.40. The van der Waals surface area contributed by atoms with Gasteiger partial charge in [-0.3, -0.25) is 18.7 Å². The van der Waals surface area contributed by atoms with Crippen molar-refractivity contribution < 1.29 is 9.18 Å². The summed E-state index contributed by atoms with van der Waals surface area (Å²) in [7, 11) is 3.08. The van der Waals surface area contributed by atoms with Crippen molar-refractivity contribution in [3.8, 4) is 11.1 Å². The maximum atomic E-state index is 13.9. The van der Waals surface area contributed by atoms with E-state index in [0.717, 1.165) is 10.1 Å². The zero-order chi connectivity index (χ0) is 21.4. The third-order valence-electron chi connectivity index (χ3n) is 4.98. The standard InChI is InChI=1S/C22H19FN4O3/c1-25-12-15(14-8-4-3-5-9-14)19-20(25)21(29)26(2)22(30)27(19)13-18(28)24-17-11-7-6-10-16(17)23/h3-12H,13H2,1-2H3,(H,24,28). The lowest BCUT2D eigenvalue weighted by molar-refractivity contribution is -0.116. The van der Waals surface area contributed by atoms with Gasteiger partial charge in [-0.05, 0) is 17.7 Å². The van der Waals surface area contributed by atoms with Gasteiger partial charge in [0.2, 0.25) is 5.91 Å². The topological polar surface area (TPSA) is 78.0 Å². The number of carbonyl (C=O) groups excluding carboxylic acids is 1. The van der Waals surface area contributed by atoms with Crippen LogP contribution in [0.3, 0.4) is 0 Å². The molecule has 4 aromatic rings. The summed E-state index contributed by atoms with van der Waals surface area (Å²) in [4.78, 5) is 38.3. The first kappa shape index (κ1) is 19.4. The van der Waals surface area contributed by atoms with Gasteiger partial charge in [0.05, 0.1) is 11.2 Å². The lowest BCUT2D eigenvalue weighted by atomic mass is 10.1. The van der Waals surface area contributed by atoms with Crippen LogP contribution in [-0.2, 0) is 25.4 Å². The molecule has 0 radical (unpaired) electrons. The Hall–Kier alpha value is -3.94. The summed E-state index contributed by atoms with van der Waals surface area (Å²) in [5.41, 5.74) is 1.06. The molecule has 8 heteroatoms. The number of fused-ring (bicyclic) bond motifs is 1. The molecular formula is C22H19FN4O3. The van der Waals surface area contributed by atoms with Crippen molar-refractivity contribution in [3.05, 3.63) is 87.4 Å². The Morgan fingerprint density at radius 2 is 1.63 bits per heavy atom. The quantitative estimate of drug-likeness (QED) is 0.566. The molecule has 1 amide bonds.